The lowest BCUT2D eigenvalue weighted by atomic mass is 10.1. The van der Waals surface area contributed by atoms with Crippen molar-refractivity contribution in [2.45, 2.75) is 19.6 Å². The van der Waals surface area contributed by atoms with Gasteiger partial charge >= 0.3 is 6.18 Å². The first kappa shape index (κ1) is 24.6. The van der Waals surface area contributed by atoms with Gasteiger partial charge in [0, 0.05) is 18.9 Å². The maximum absolute atomic E-state index is 13.1. The number of nitrogens with zero attached hydrogens (tertiary/aromatic N) is 3. The summed E-state index contributed by atoms with van der Waals surface area (Å²) in [7, 11) is -4.12. The molecule has 3 rings (SSSR count). The molecule has 0 aliphatic carbocycles. The van der Waals surface area contributed by atoms with Gasteiger partial charge in [0.2, 0.25) is 15.9 Å². The number of imidazole rings is 1. The molecule has 0 unspecified atom stereocenters. The van der Waals surface area contributed by atoms with Crippen LogP contribution in [0.25, 0.3) is 5.69 Å². The molecule has 0 saturated carbocycles. The number of aromatic nitrogens is 2. The van der Waals surface area contributed by atoms with Crippen LogP contribution in [-0.2, 0) is 27.5 Å². The van der Waals surface area contributed by atoms with Gasteiger partial charge in [0.15, 0.2) is 0 Å². The van der Waals surface area contributed by atoms with Gasteiger partial charge in [-0.3, -0.25) is 9.10 Å². The number of rotatable bonds is 7. The van der Waals surface area contributed by atoms with E-state index in [0.29, 0.717) is 10.4 Å². The zero-order chi connectivity index (χ0) is 24.4. The lowest BCUT2D eigenvalue weighted by molar-refractivity contribution is -0.137. The standard InChI is InChI=1S/C21H20ClF3N4O3S/c1-14-26-9-10-28(14)18-6-4-3-5-15(18)12-27-20(30)13-29(33(2,31)32)19-11-16(21(23,24)25)7-8-17(19)22/h3-11H,12-13H2,1-2H3,(H,27,30). The van der Waals surface area contributed by atoms with Gasteiger partial charge in [0.05, 0.1) is 28.2 Å². The highest BCUT2D eigenvalue weighted by Gasteiger charge is 2.33. The largest absolute Gasteiger partial charge is 0.416 e. The molecule has 1 amide bonds. The Morgan fingerprint density at radius 2 is 1.91 bits per heavy atom. The summed E-state index contributed by atoms with van der Waals surface area (Å²) in [5.41, 5.74) is -0.0113. The Morgan fingerprint density at radius 1 is 1.21 bits per heavy atom. The summed E-state index contributed by atoms with van der Waals surface area (Å²) in [4.78, 5) is 16.8. The maximum atomic E-state index is 13.1. The molecule has 0 atom stereocenters. The normalized spacial score (nSPS) is 11.9. The number of halogens is 4. The number of nitrogens with one attached hydrogen (secondary N) is 1. The Balaban J connectivity index is 1.82. The van der Waals surface area contributed by atoms with Crippen LogP contribution in [0.5, 0.6) is 0 Å². The van der Waals surface area contributed by atoms with Crippen molar-refractivity contribution >= 4 is 33.2 Å². The van der Waals surface area contributed by atoms with Gasteiger partial charge in [0.1, 0.15) is 12.4 Å². The van der Waals surface area contributed by atoms with Gasteiger partial charge < -0.3 is 9.88 Å². The van der Waals surface area contributed by atoms with Crippen LogP contribution >= 0.6 is 11.6 Å². The fourth-order valence-electron chi connectivity index (χ4n) is 3.17. The molecule has 12 heteroatoms. The van der Waals surface area contributed by atoms with Crippen molar-refractivity contribution in [2.75, 3.05) is 17.1 Å². The summed E-state index contributed by atoms with van der Waals surface area (Å²) in [6.45, 7) is 1.13. The lowest BCUT2D eigenvalue weighted by Crippen LogP contribution is -2.40. The van der Waals surface area contributed by atoms with E-state index in [9.17, 15) is 26.4 Å². The second-order valence-electron chi connectivity index (χ2n) is 7.18. The Bertz CT molecular complexity index is 1280. The van der Waals surface area contributed by atoms with E-state index in [1.165, 1.54) is 0 Å². The minimum Gasteiger partial charge on any atom is -0.350 e. The molecule has 0 fully saturated rings. The molecule has 0 radical (unpaired) electrons. The van der Waals surface area contributed by atoms with Gasteiger partial charge in [-0.1, -0.05) is 29.8 Å². The van der Waals surface area contributed by atoms with Gasteiger partial charge in [-0.25, -0.2) is 13.4 Å². The van der Waals surface area contributed by atoms with E-state index in [1.807, 2.05) is 23.6 Å². The van der Waals surface area contributed by atoms with Crippen molar-refractivity contribution in [1.29, 1.82) is 0 Å². The van der Waals surface area contributed by atoms with Crippen molar-refractivity contribution in [3.63, 3.8) is 0 Å². The molecule has 1 aromatic heterocycles. The first-order chi connectivity index (χ1) is 15.4. The highest BCUT2D eigenvalue weighted by molar-refractivity contribution is 7.92. The molecule has 0 bridgehead atoms. The van der Waals surface area contributed by atoms with Crippen LogP contribution in [-0.4, -0.2) is 36.7 Å². The third-order valence-electron chi connectivity index (χ3n) is 4.78. The Morgan fingerprint density at radius 3 is 2.52 bits per heavy atom. The first-order valence-electron chi connectivity index (χ1n) is 9.57. The van der Waals surface area contributed by atoms with Crippen molar-refractivity contribution in [3.05, 3.63) is 76.8 Å². The second kappa shape index (κ2) is 9.44. The number of aryl methyl sites for hydroxylation is 1. The van der Waals surface area contributed by atoms with Crippen LogP contribution in [0.2, 0.25) is 5.02 Å². The molecule has 0 saturated heterocycles. The Kier molecular flexibility index (Phi) is 7.03. The minimum absolute atomic E-state index is 0.0561. The molecule has 1 N–H and O–H groups in total. The molecule has 3 aromatic rings. The van der Waals surface area contributed by atoms with Gasteiger partial charge in [-0.2, -0.15) is 13.2 Å². The predicted octanol–water partition coefficient (Wildman–Crippen LogP) is 3.94. The number of para-hydroxylation sites is 1. The number of carbonyl (C=O) groups is 1. The molecule has 0 aliphatic heterocycles. The van der Waals surface area contributed by atoms with Crippen LogP contribution in [0.15, 0.2) is 54.9 Å². The van der Waals surface area contributed by atoms with Gasteiger partial charge in [-0.05, 0) is 36.8 Å². The van der Waals surface area contributed by atoms with Crippen LogP contribution < -0.4 is 9.62 Å². The third kappa shape index (κ3) is 5.85. The van der Waals surface area contributed by atoms with E-state index in [0.717, 1.165) is 35.5 Å². The molecule has 176 valence electrons. The van der Waals surface area contributed by atoms with Crippen LogP contribution in [0, 0.1) is 6.92 Å². The van der Waals surface area contributed by atoms with Crippen LogP contribution in [0.3, 0.4) is 0 Å². The number of carbonyl (C=O) groups excluding carboxylic acids is 1. The summed E-state index contributed by atoms with van der Waals surface area (Å²) in [5, 5.41) is 2.38. The smallest absolute Gasteiger partial charge is 0.350 e. The molecular formula is C21H20ClF3N4O3S. The molecular weight excluding hydrogens is 481 g/mol. The molecule has 7 nitrogen and oxygen atoms in total. The topological polar surface area (TPSA) is 84.3 Å². The number of anilines is 1. The fourth-order valence-corrected chi connectivity index (χ4v) is 4.30. The third-order valence-corrected chi connectivity index (χ3v) is 6.23. The van der Waals surface area contributed by atoms with Gasteiger partial charge in [0.25, 0.3) is 0 Å². The summed E-state index contributed by atoms with van der Waals surface area (Å²) < 4.78 is 66.3. The highest BCUT2D eigenvalue weighted by atomic mass is 35.5. The number of amides is 1. The number of hydrogen-bond acceptors (Lipinski definition) is 4. The lowest BCUT2D eigenvalue weighted by Gasteiger charge is -2.24. The predicted molar refractivity (Wildman–Crippen MR) is 119 cm³/mol. The van der Waals surface area contributed by atoms with Crippen molar-refractivity contribution < 1.29 is 26.4 Å². The number of benzene rings is 2. The van der Waals surface area contributed by atoms with Gasteiger partial charge in [-0.15, -0.1) is 0 Å². The summed E-state index contributed by atoms with van der Waals surface area (Å²) in [6.07, 6.45) is -0.529. The zero-order valence-electron chi connectivity index (χ0n) is 17.6. The minimum atomic E-state index is -4.71. The number of alkyl halides is 3. The van der Waals surface area contributed by atoms with Crippen molar-refractivity contribution in [3.8, 4) is 5.69 Å². The number of sulfonamides is 1. The van der Waals surface area contributed by atoms with Crippen LogP contribution in [0.1, 0.15) is 17.0 Å². The molecule has 1 heterocycles. The highest BCUT2D eigenvalue weighted by Crippen LogP contribution is 2.36. The molecule has 0 spiro atoms. The molecule has 2 aromatic carbocycles. The number of hydrogen-bond donors (Lipinski definition) is 1. The van der Waals surface area contributed by atoms with E-state index >= 15 is 0 Å². The maximum Gasteiger partial charge on any atom is 0.416 e. The average Bonchev–Trinajstić information content (AvgIpc) is 3.15. The van der Waals surface area contributed by atoms with Crippen LogP contribution in [0.4, 0.5) is 18.9 Å². The SMILES string of the molecule is Cc1nccn1-c1ccccc1CNC(=O)CN(c1cc(C(F)(F)F)ccc1Cl)S(C)(=O)=O. The monoisotopic (exact) mass is 500 g/mol. The molecule has 33 heavy (non-hydrogen) atoms. The van der Waals surface area contributed by atoms with E-state index < -0.39 is 39.9 Å². The molecule has 0 aliphatic rings. The zero-order valence-corrected chi connectivity index (χ0v) is 19.2. The Labute approximate surface area is 193 Å². The summed E-state index contributed by atoms with van der Waals surface area (Å²) in [5.74, 6) is 0.0160. The Hall–Kier alpha value is -3.05. The summed E-state index contributed by atoms with van der Waals surface area (Å²) in [6, 6.07) is 9.51. The second-order valence-corrected chi connectivity index (χ2v) is 9.50. The van der Waals surface area contributed by atoms with E-state index in [4.69, 9.17) is 11.6 Å². The van der Waals surface area contributed by atoms with Crippen molar-refractivity contribution in [1.82, 2.24) is 14.9 Å². The first-order valence-corrected chi connectivity index (χ1v) is 11.8. The quantitative estimate of drug-likeness (QED) is 0.532. The average molecular weight is 501 g/mol. The fraction of sp³-hybridized carbons (Fsp3) is 0.238. The van der Waals surface area contributed by atoms with Crippen molar-refractivity contribution in [2.24, 2.45) is 0 Å². The van der Waals surface area contributed by atoms with E-state index in [2.05, 4.69) is 10.3 Å². The van der Waals surface area contributed by atoms with E-state index in [1.54, 1.807) is 24.5 Å². The van der Waals surface area contributed by atoms with E-state index in [-0.39, 0.29) is 11.6 Å². The summed E-state index contributed by atoms with van der Waals surface area (Å²) >= 11 is 5.98.